The summed E-state index contributed by atoms with van der Waals surface area (Å²) in [5.41, 5.74) is 7.72. The van der Waals surface area contributed by atoms with Crippen LogP contribution in [0, 0.1) is 0 Å². The van der Waals surface area contributed by atoms with Gasteiger partial charge in [-0.1, -0.05) is 23.9 Å². The molecule has 2 heterocycles. The maximum Gasteiger partial charge on any atom is 0.237 e. The van der Waals surface area contributed by atoms with Crippen molar-refractivity contribution < 1.29 is 9.53 Å². The van der Waals surface area contributed by atoms with Gasteiger partial charge in [0.1, 0.15) is 5.75 Å². The number of nitrogen functional groups attached to an aromatic ring is 1. The number of amides is 1. The van der Waals surface area contributed by atoms with Crippen LogP contribution in [0.3, 0.4) is 0 Å². The lowest BCUT2D eigenvalue weighted by Gasteiger charge is -2.13. The Morgan fingerprint density at radius 3 is 2.88 bits per heavy atom. The molecule has 0 saturated heterocycles. The van der Waals surface area contributed by atoms with Gasteiger partial charge in [-0.15, -0.1) is 10.2 Å². The number of nitrogens with zero attached hydrogens (tertiary/aromatic N) is 3. The molecule has 3 rings (SSSR count). The molecule has 0 aliphatic heterocycles. The van der Waals surface area contributed by atoms with Crippen LogP contribution in [-0.4, -0.2) is 32.9 Å². The fraction of sp³-hybridized carbons (Fsp3) is 0.188. The van der Waals surface area contributed by atoms with E-state index in [0.717, 1.165) is 0 Å². The van der Waals surface area contributed by atoms with E-state index in [9.17, 15) is 4.79 Å². The molecule has 0 aliphatic rings. The van der Waals surface area contributed by atoms with E-state index in [1.54, 1.807) is 42.0 Å². The van der Waals surface area contributed by atoms with Gasteiger partial charge in [0.2, 0.25) is 5.91 Å². The minimum Gasteiger partial charge on any atom is -0.495 e. The number of rotatable bonds is 5. The molecule has 0 spiro atoms. The Bertz CT molecular complexity index is 880. The number of nitrogens with two attached hydrogens (primary N) is 1. The molecule has 3 aromatic rings. The molecule has 0 fully saturated rings. The Kier molecular flexibility index (Phi) is 4.57. The lowest BCUT2D eigenvalue weighted by atomic mass is 10.3. The predicted molar refractivity (Wildman–Crippen MR) is 94.3 cm³/mol. The van der Waals surface area contributed by atoms with Crippen molar-refractivity contribution >= 4 is 34.7 Å². The number of para-hydroxylation sites is 2. The van der Waals surface area contributed by atoms with Crippen LogP contribution in [0.1, 0.15) is 6.92 Å². The smallest absolute Gasteiger partial charge is 0.237 e. The predicted octanol–water partition coefficient (Wildman–Crippen LogP) is 2.44. The van der Waals surface area contributed by atoms with Crippen LogP contribution in [0.25, 0.3) is 5.65 Å². The maximum atomic E-state index is 12.4. The number of aromatic nitrogens is 3. The Morgan fingerprint density at radius 2 is 2.08 bits per heavy atom. The molecule has 24 heavy (non-hydrogen) atoms. The zero-order chi connectivity index (χ0) is 17.1. The zero-order valence-electron chi connectivity index (χ0n) is 13.3. The van der Waals surface area contributed by atoms with Crippen LogP contribution < -0.4 is 15.8 Å². The Balaban J connectivity index is 1.75. The number of carbonyl (C=O) groups is 1. The largest absolute Gasteiger partial charge is 0.495 e. The van der Waals surface area contributed by atoms with Crippen molar-refractivity contribution in [2.75, 3.05) is 18.2 Å². The maximum absolute atomic E-state index is 12.4. The van der Waals surface area contributed by atoms with E-state index in [1.165, 1.54) is 11.8 Å². The van der Waals surface area contributed by atoms with Gasteiger partial charge in [0.15, 0.2) is 10.8 Å². The van der Waals surface area contributed by atoms with E-state index in [-0.39, 0.29) is 11.2 Å². The fourth-order valence-corrected chi connectivity index (χ4v) is 2.99. The van der Waals surface area contributed by atoms with Crippen molar-refractivity contribution in [1.82, 2.24) is 14.6 Å². The monoisotopic (exact) mass is 343 g/mol. The summed E-state index contributed by atoms with van der Waals surface area (Å²) < 4.78 is 7.01. The van der Waals surface area contributed by atoms with Gasteiger partial charge in [-0.2, -0.15) is 0 Å². The molecule has 1 atom stereocenters. The summed E-state index contributed by atoms with van der Waals surface area (Å²) >= 11 is 1.31. The average Bonchev–Trinajstić information content (AvgIpc) is 2.97. The Hall–Kier alpha value is -2.74. The molecule has 3 N–H and O–H groups in total. The summed E-state index contributed by atoms with van der Waals surface area (Å²) in [5.74, 6) is 0.467. The molecule has 0 saturated carbocycles. The number of hydrogen-bond donors (Lipinski definition) is 2. The summed E-state index contributed by atoms with van der Waals surface area (Å²) in [6.07, 6.45) is 1.74. The third kappa shape index (κ3) is 3.28. The number of thioether (sulfide) groups is 1. The summed E-state index contributed by atoms with van der Waals surface area (Å²) in [6.45, 7) is 1.81. The number of hydrogen-bond acceptors (Lipinski definition) is 6. The number of methoxy groups -OCH3 is 1. The van der Waals surface area contributed by atoms with Crippen molar-refractivity contribution in [1.29, 1.82) is 0 Å². The number of pyridine rings is 1. The number of carbonyl (C=O) groups excluding carboxylic acids is 1. The van der Waals surface area contributed by atoms with E-state index in [4.69, 9.17) is 10.5 Å². The van der Waals surface area contributed by atoms with Gasteiger partial charge in [0.05, 0.1) is 18.0 Å². The van der Waals surface area contributed by atoms with Gasteiger partial charge in [-0.25, -0.2) is 0 Å². The number of ether oxygens (including phenoxy) is 1. The number of anilines is 2. The van der Waals surface area contributed by atoms with E-state index < -0.39 is 0 Å². The van der Waals surface area contributed by atoms with Crippen LogP contribution in [0.2, 0.25) is 0 Å². The second kappa shape index (κ2) is 6.79. The van der Waals surface area contributed by atoms with Crippen LogP contribution >= 0.6 is 11.8 Å². The molecule has 0 aliphatic carbocycles. The molecule has 8 heteroatoms. The highest BCUT2D eigenvalue weighted by atomic mass is 32.2. The lowest BCUT2D eigenvalue weighted by Crippen LogP contribution is -2.23. The van der Waals surface area contributed by atoms with E-state index >= 15 is 0 Å². The second-order valence-electron chi connectivity index (χ2n) is 5.12. The van der Waals surface area contributed by atoms with Crippen molar-refractivity contribution in [3.05, 3.63) is 42.6 Å². The molecule has 1 aromatic carbocycles. The first-order valence-corrected chi connectivity index (χ1v) is 8.17. The standard InChI is InChI=1S/C16H17N5O2S/c1-10(15(22)18-12-5-3-4-6-13(12)23-2)24-16-20-19-14-8-7-11(17)9-21(14)16/h3-10H,17H2,1-2H3,(H,18,22). The first-order chi connectivity index (χ1) is 11.6. The number of fused-ring (bicyclic) bond motifs is 1. The molecule has 2 aromatic heterocycles. The number of benzene rings is 1. The van der Waals surface area contributed by atoms with E-state index in [1.807, 2.05) is 19.1 Å². The van der Waals surface area contributed by atoms with Crippen molar-refractivity contribution in [3.8, 4) is 5.75 Å². The molecule has 0 bridgehead atoms. The summed E-state index contributed by atoms with van der Waals surface area (Å²) in [7, 11) is 1.57. The topological polar surface area (TPSA) is 94.5 Å². The summed E-state index contributed by atoms with van der Waals surface area (Å²) in [5, 5.41) is 11.3. The third-order valence-corrected chi connectivity index (χ3v) is 4.47. The fourth-order valence-electron chi connectivity index (χ4n) is 2.16. The normalized spacial score (nSPS) is 12.1. The Labute approximate surface area is 143 Å². The molecule has 1 unspecified atom stereocenters. The van der Waals surface area contributed by atoms with Gasteiger partial charge in [0, 0.05) is 11.9 Å². The summed E-state index contributed by atoms with van der Waals surface area (Å²) in [4.78, 5) is 12.4. The molecule has 124 valence electrons. The van der Waals surface area contributed by atoms with Crippen molar-refractivity contribution in [2.45, 2.75) is 17.3 Å². The number of nitrogens with one attached hydrogen (secondary N) is 1. The second-order valence-corrected chi connectivity index (χ2v) is 6.43. The van der Waals surface area contributed by atoms with Gasteiger partial charge in [0.25, 0.3) is 0 Å². The minimum absolute atomic E-state index is 0.148. The first-order valence-electron chi connectivity index (χ1n) is 7.29. The molecule has 0 radical (unpaired) electrons. The molecular weight excluding hydrogens is 326 g/mol. The summed E-state index contributed by atoms with van der Waals surface area (Å²) in [6, 6.07) is 10.8. The van der Waals surface area contributed by atoms with Gasteiger partial charge < -0.3 is 15.8 Å². The van der Waals surface area contributed by atoms with Gasteiger partial charge >= 0.3 is 0 Å². The highest BCUT2D eigenvalue weighted by Crippen LogP contribution is 2.27. The van der Waals surface area contributed by atoms with Crippen molar-refractivity contribution in [3.63, 3.8) is 0 Å². The molecular formula is C16H17N5O2S. The quantitative estimate of drug-likeness (QED) is 0.691. The van der Waals surface area contributed by atoms with Crippen LogP contribution in [0.15, 0.2) is 47.8 Å². The van der Waals surface area contributed by atoms with Crippen LogP contribution in [0.5, 0.6) is 5.75 Å². The van der Waals surface area contributed by atoms with Crippen molar-refractivity contribution in [2.24, 2.45) is 0 Å². The van der Waals surface area contributed by atoms with Gasteiger partial charge in [-0.05, 0) is 31.2 Å². The SMILES string of the molecule is COc1ccccc1NC(=O)C(C)Sc1nnc2ccc(N)cn12. The lowest BCUT2D eigenvalue weighted by molar-refractivity contribution is -0.115. The van der Waals surface area contributed by atoms with E-state index in [2.05, 4.69) is 15.5 Å². The highest BCUT2D eigenvalue weighted by molar-refractivity contribution is 8.00. The zero-order valence-corrected chi connectivity index (χ0v) is 14.1. The first kappa shape index (κ1) is 16.1. The Morgan fingerprint density at radius 1 is 1.29 bits per heavy atom. The average molecular weight is 343 g/mol. The molecule has 1 amide bonds. The minimum atomic E-state index is -0.372. The van der Waals surface area contributed by atoms with Crippen LogP contribution in [-0.2, 0) is 4.79 Å². The molecule has 7 nitrogen and oxygen atoms in total. The highest BCUT2D eigenvalue weighted by Gasteiger charge is 2.19. The third-order valence-electron chi connectivity index (χ3n) is 3.41. The van der Waals surface area contributed by atoms with E-state index in [0.29, 0.717) is 27.9 Å². The van der Waals surface area contributed by atoms with Crippen LogP contribution in [0.4, 0.5) is 11.4 Å². The van der Waals surface area contributed by atoms with Gasteiger partial charge in [-0.3, -0.25) is 9.20 Å².